The number of amides is 1. The Morgan fingerprint density at radius 1 is 1.31 bits per heavy atom. The summed E-state index contributed by atoms with van der Waals surface area (Å²) in [7, 11) is 0. The first-order chi connectivity index (χ1) is 12.5. The molecule has 0 aliphatic carbocycles. The Morgan fingerprint density at radius 3 is 2.81 bits per heavy atom. The monoisotopic (exact) mass is 447 g/mol. The average molecular weight is 449 g/mol. The van der Waals surface area contributed by atoms with Gasteiger partial charge in [-0.2, -0.15) is 5.26 Å². The molecule has 9 heteroatoms. The van der Waals surface area contributed by atoms with Gasteiger partial charge < -0.3 is 5.32 Å². The van der Waals surface area contributed by atoms with Crippen LogP contribution in [0.2, 0.25) is 5.02 Å². The molecule has 1 amide bonds. The minimum Gasteiger partial charge on any atom is -0.324 e. The first kappa shape index (κ1) is 18.5. The second-order valence-electron chi connectivity index (χ2n) is 5.11. The average Bonchev–Trinajstić information content (AvgIpc) is 3.10. The molecular weight excluding hydrogens is 438 g/mol. The Morgan fingerprint density at radius 2 is 2.08 bits per heavy atom. The molecule has 0 spiro atoms. The molecule has 0 unspecified atom stereocenters. The van der Waals surface area contributed by atoms with Crippen LogP contribution in [0.3, 0.4) is 0 Å². The van der Waals surface area contributed by atoms with E-state index in [-0.39, 0.29) is 11.7 Å². The van der Waals surface area contributed by atoms with Crippen molar-refractivity contribution < 1.29 is 4.79 Å². The molecule has 0 radical (unpaired) electrons. The Labute approximate surface area is 167 Å². The molecule has 26 heavy (non-hydrogen) atoms. The van der Waals surface area contributed by atoms with E-state index in [1.165, 1.54) is 11.8 Å². The van der Waals surface area contributed by atoms with Crippen LogP contribution in [0.25, 0.3) is 11.4 Å². The Kier molecular flexibility index (Phi) is 5.93. The van der Waals surface area contributed by atoms with E-state index in [4.69, 9.17) is 16.9 Å². The summed E-state index contributed by atoms with van der Waals surface area (Å²) in [5.74, 6) is 0.459. The lowest BCUT2D eigenvalue weighted by Gasteiger charge is -2.06. The molecule has 0 aliphatic rings. The van der Waals surface area contributed by atoms with Gasteiger partial charge in [-0.05, 0) is 30.3 Å². The summed E-state index contributed by atoms with van der Waals surface area (Å²) in [6.07, 6.45) is 0. The third-order valence-corrected chi connectivity index (χ3v) is 4.90. The van der Waals surface area contributed by atoms with E-state index in [2.05, 4.69) is 36.4 Å². The molecule has 2 N–H and O–H groups in total. The molecule has 0 aliphatic heterocycles. The number of halogens is 2. The van der Waals surface area contributed by atoms with E-state index in [9.17, 15) is 4.79 Å². The van der Waals surface area contributed by atoms with Crippen LogP contribution < -0.4 is 5.32 Å². The summed E-state index contributed by atoms with van der Waals surface area (Å²) in [5.41, 5.74) is 1.63. The number of aromatic nitrogens is 3. The zero-order chi connectivity index (χ0) is 18.5. The summed E-state index contributed by atoms with van der Waals surface area (Å²) >= 11 is 10.5. The van der Waals surface area contributed by atoms with Crippen molar-refractivity contribution in [3.05, 3.63) is 57.5 Å². The van der Waals surface area contributed by atoms with Crippen molar-refractivity contribution in [3.63, 3.8) is 0 Å². The fraction of sp³-hybridized carbons (Fsp3) is 0.0588. The molecule has 6 nitrogen and oxygen atoms in total. The normalized spacial score (nSPS) is 10.3. The maximum atomic E-state index is 12.1. The van der Waals surface area contributed by atoms with E-state index in [1.807, 2.05) is 30.3 Å². The van der Waals surface area contributed by atoms with Gasteiger partial charge in [0.15, 0.2) is 5.82 Å². The van der Waals surface area contributed by atoms with Crippen LogP contribution in [0.15, 0.2) is 52.1 Å². The number of carbonyl (C=O) groups is 1. The second-order valence-corrected chi connectivity index (χ2v) is 7.41. The molecule has 1 heterocycles. The van der Waals surface area contributed by atoms with Crippen LogP contribution in [0.5, 0.6) is 0 Å². The fourth-order valence-electron chi connectivity index (χ4n) is 2.08. The van der Waals surface area contributed by atoms with Gasteiger partial charge in [0.05, 0.1) is 17.0 Å². The minimum atomic E-state index is -0.274. The smallest absolute Gasteiger partial charge is 0.234 e. The van der Waals surface area contributed by atoms with Gasteiger partial charge in [-0.25, -0.2) is 4.98 Å². The molecule has 0 saturated carbocycles. The predicted octanol–water partition coefficient (Wildman–Crippen LogP) is 4.49. The summed E-state index contributed by atoms with van der Waals surface area (Å²) in [6.45, 7) is 0. The summed E-state index contributed by atoms with van der Waals surface area (Å²) in [5, 5.41) is 19.6. The molecule has 1 aromatic heterocycles. The summed E-state index contributed by atoms with van der Waals surface area (Å²) < 4.78 is 0.977. The standard InChI is InChI=1S/C17H11BrClN5OS/c18-12-4-1-10(2-5-12)16-22-17(24-23-16)26-9-15(25)21-14-7-13(19)6-3-11(14)8-20/h1-7H,9H2,(H,21,25)(H,22,23,24). The maximum absolute atomic E-state index is 12.1. The first-order valence-corrected chi connectivity index (χ1v) is 9.51. The quantitative estimate of drug-likeness (QED) is 0.561. The summed E-state index contributed by atoms with van der Waals surface area (Å²) in [4.78, 5) is 16.5. The zero-order valence-electron chi connectivity index (χ0n) is 13.2. The van der Waals surface area contributed by atoms with Crippen molar-refractivity contribution in [1.29, 1.82) is 5.26 Å². The van der Waals surface area contributed by atoms with E-state index in [0.717, 1.165) is 10.0 Å². The van der Waals surface area contributed by atoms with Crippen molar-refractivity contribution in [1.82, 2.24) is 15.2 Å². The van der Waals surface area contributed by atoms with Crippen LogP contribution in [0, 0.1) is 11.3 Å². The van der Waals surface area contributed by atoms with E-state index in [0.29, 0.717) is 27.3 Å². The molecular formula is C17H11BrClN5OS. The number of thioether (sulfide) groups is 1. The highest BCUT2D eigenvalue weighted by Gasteiger charge is 2.11. The van der Waals surface area contributed by atoms with Gasteiger partial charge >= 0.3 is 0 Å². The van der Waals surface area contributed by atoms with E-state index in [1.54, 1.807) is 18.2 Å². The van der Waals surface area contributed by atoms with Crippen LogP contribution in [-0.2, 0) is 4.79 Å². The van der Waals surface area contributed by atoms with Gasteiger partial charge in [-0.3, -0.25) is 9.89 Å². The highest BCUT2D eigenvalue weighted by Crippen LogP contribution is 2.23. The fourth-order valence-corrected chi connectivity index (χ4v) is 3.12. The van der Waals surface area contributed by atoms with Crippen molar-refractivity contribution in [2.75, 3.05) is 11.1 Å². The predicted molar refractivity (Wildman–Crippen MR) is 105 cm³/mol. The summed E-state index contributed by atoms with van der Waals surface area (Å²) in [6, 6.07) is 14.4. The Bertz CT molecular complexity index is 984. The third-order valence-electron chi connectivity index (χ3n) is 3.29. The largest absolute Gasteiger partial charge is 0.324 e. The lowest BCUT2D eigenvalue weighted by atomic mass is 10.2. The molecule has 0 atom stereocenters. The number of hydrogen-bond acceptors (Lipinski definition) is 5. The number of H-pyrrole nitrogens is 1. The number of carbonyl (C=O) groups excluding carboxylic acids is 1. The SMILES string of the molecule is N#Cc1ccc(Cl)cc1NC(=O)CSc1n[nH]c(-c2ccc(Br)cc2)n1. The van der Waals surface area contributed by atoms with E-state index >= 15 is 0 Å². The maximum Gasteiger partial charge on any atom is 0.234 e. The number of hydrogen-bond donors (Lipinski definition) is 2. The van der Waals surface area contributed by atoms with Crippen molar-refractivity contribution in [3.8, 4) is 17.5 Å². The van der Waals surface area contributed by atoms with Crippen LogP contribution >= 0.6 is 39.3 Å². The van der Waals surface area contributed by atoms with Gasteiger partial charge in [0.25, 0.3) is 0 Å². The van der Waals surface area contributed by atoms with Crippen molar-refractivity contribution in [2.45, 2.75) is 5.16 Å². The number of nitrogens with zero attached hydrogens (tertiary/aromatic N) is 3. The zero-order valence-corrected chi connectivity index (χ0v) is 16.3. The van der Waals surface area contributed by atoms with Crippen LogP contribution in [-0.4, -0.2) is 26.8 Å². The number of rotatable bonds is 5. The number of nitrogens with one attached hydrogen (secondary N) is 2. The highest BCUT2D eigenvalue weighted by atomic mass is 79.9. The van der Waals surface area contributed by atoms with Crippen molar-refractivity contribution >= 4 is 50.9 Å². The number of aromatic amines is 1. The lowest BCUT2D eigenvalue weighted by molar-refractivity contribution is -0.113. The Hall–Kier alpha value is -2.34. The highest BCUT2D eigenvalue weighted by molar-refractivity contribution is 9.10. The van der Waals surface area contributed by atoms with Gasteiger partial charge in [-0.15, -0.1) is 5.10 Å². The second kappa shape index (κ2) is 8.36. The molecule has 0 bridgehead atoms. The van der Waals surface area contributed by atoms with Gasteiger partial charge in [0, 0.05) is 15.1 Å². The lowest BCUT2D eigenvalue weighted by Crippen LogP contribution is -2.15. The number of nitriles is 1. The van der Waals surface area contributed by atoms with E-state index < -0.39 is 0 Å². The van der Waals surface area contributed by atoms with Gasteiger partial charge in [0.2, 0.25) is 11.1 Å². The minimum absolute atomic E-state index is 0.106. The van der Waals surface area contributed by atoms with Crippen molar-refractivity contribution in [2.24, 2.45) is 0 Å². The first-order valence-electron chi connectivity index (χ1n) is 7.36. The molecule has 3 rings (SSSR count). The third kappa shape index (κ3) is 4.64. The van der Waals surface area contributed by atoms with Gasteiger partial charge in [-0.1, -0.05) is 51.4 Å². The molecule has 2 aromatic carbocycles. The topological polar surface area (TPSA) is 94.5 Å². The number of benzene rings is 2. The molecule has 130 valence electrons. The molecule has 0 saturated heterocycles. The molecule has 3 aromatic rings. The molecule has 0 fully saturated rings. The Balaban J connectivity index is 1.61. The van der Waals surface area contributed by atoms with Crippen LogP contribution in [0.1, 0.15) is 5.56 Å². The van der Waals surface area contributed by atoms with Crippen LogP contribution in [0.4, 0.5) is 5.69 Å². The number of anilines is 1. The van der Waals surface area contributed by atoms with Gasteiger partial charge in [0.1, 0.15) is 6.07 Å².